The number of nitrogens with one attached hydrogen (secondary N) is 2. The van der Waals surface area contributed by atoms with Crippen LogP contribution in [-0.2, 0) is 9.59 Å². The molecule has 6 nitrogen and oxygen atoms in total. The van der Waals surface area contributed by atoms with Crippen molar-refractivity contribution in [3.63, 3.8) is 0 Å². The molecule has 8 heteroatoms. The second-order valence-corrected chi connectivity index (χ2v) is 3.37. The fraction of sp³-hybridized carbons (Fsp3) is 0.273. The number of hydrogen-bond donors (Lipinski definition) is 3. The SMILES string of the molecule is COc1ccc(F)c(NC(=O)CNC(=O)CN)c1.Cl. The average Bonchev–Trinajstić information content (AvgIpc) is 2.38. The number of methoxy groups -OCH3 is 1. The van der Waals surface area contributed by atoms with E-state index in [2.05, 4.69) is 10.6 Å². The van der Waals surface area contributed by atoms with Gasteiger partial charge in [-0.2, -0.15) is 0 Å². The van der Waals surface area contributed by atoms with Crippen LogP contribution < -0.4 is 21.1 Å². The maximum absolute atomic E-state index is 13.4. The quantitative estimate of drug-likeness (QED) is 0.726. The highest BCUT2D eigenvalue weighted by Crippen LogP contribution is 2.20. The minimum atomic E-state index is -0.589. The molecule has 1 aromatic rings. The maximum Gasteiger partial charge on any atom is 0.243 e. The van der Waals surface area contributed by atoms with Crippen molar-refractivity contribution in [3.05, 3.63) is 24.0 Å². The number of carbonyl (C=O) groups is 2. The van der Waals surface area contributed by atoms with Crippen molar-refractivity contribution in [2.75, 3.05) is 25.5 Å². The predicted molar refractivity (Wildman–Crippen MR) is 70.9 cm³/mol. The molecule has 0 spiro atoms. The van der Waals surface area contributed by atoms with E-state index in [-0.39, 0.29) is 31.2 Å². The first-order valence-corrected chi connectivity index (χ1v) is 5.17. The highest BCUT2D eigenvalue weighted by Gasteiger charge is 2.09. The molecule has 0 fully saturated rings. The number of ether oxygens (including phenoxy) is 1. The summed E-state index contributed by atoms with van der Waals surface area (Å²) in [6, 6.07) is 3.95. The molecule has 0 aliphatic heterocycles. The Balaban J connectivity index is 0.00000324. The van der Waals surface area contributed by atoms with Gasteiger partial charge in [-0.25, -0.2) is 4.39 Å². The number of halogens is 2. The Bertz CT molecular complexity index is 457. The van der Waals surface area contributed by atoms with Crippen LogP contribution in [-0.4, -0.2) is 32.0 Å². The number of hydrogen-bond acceptors (Lipinski definition) is 4. The van der Waals surface area contributed by atoms with E-state index < -0.39 is 17.6 Å². The topological polar surface area (TPSA) is 93.5 Å². The lowest BCUT2D eigenvalue weighted by Gasteiger charge is -2.08. The molecule has 2 amide bonds. The first-order valence-electron chi connectivity index (χ1n) is 5.17. The van der Waals surface area contributed by atoms with Crippen LogP contribution >= 0.6 is 12.4 Å². The summed E-state index contributed by atoms with van der Waals surface area (Å²) in [6.45, 7) is -0.479. The third-order valence-electron chi connectivity index (χ3n) is 2.08. The highest BCUT2D eigenvalue weighted by molar-refractivity contribution is 5.94. The molecule has 0 radical (unpaired) electrons. The normalized spacial score (nSPS) is 9.21. The Morgan fingerprint density at radius 2 is 2.05 bits per heavy atom. The van der Waals surface area contributed by atoms with E-state index >= 15 is 0 Å². The van der Waals surface area contributed by atoms with Gasteiger partial charge in [0.2, 0.25) is 11.8 Å². The number of anilines is 1. The summed E-state index contributed by atoms with van der Waals surface area (Å²) in [6.07, 6.45) is 0. The van der Waals surface area contributed by atoms with E-state index in [1.54, 1.807) is 0 Å². The molecular formula is C11H15ClFN3O3. The Morgan fingerprint density at radius 3 is 2.63 bits per heavy atom. The zero-order chi connectivity index (χ0) is 13.5. The fourth-order valence-corrected chi connectivity index (χ4v) is 1.17. The van der Waals surface area contributed by atoms with Crippen molar-refractivity contribution >= 4 is 29.9 Å². The molecule has 106 valence electrons. The first-order chi connectivity index (χ1) is 8.56. The third-order valence-corrected chi connectivity index (χ3v) is 2.08. The van der Waals surface area contributed by atoms with Crippen LogP contribution in [0.1, 0.15) is 0 Å². The molecule has 0 aliphatic carbocycles. The van der Waals surface area contributed by atoms with Gasteiger partial charge in [-0.15, -0.1) is 12.4 Å². The Hall–Kier alpha value is -1.86. The van der Waals surface area contributed by atoms with Crippen LogP contribution in [0.2, 0.25) is 0 Å². The Labute approximate surface area is 115 Å². The summed E-state index contributed by atoms with van der Waals surface area (Å²) in [4.78, 5) is 22.2. The van der Waals surface area contributed by atoms with E-state index in [0.29, 0.717) is 5.75 Å². The summed E-state index contributed by atoms with van der Waals surface area (Å²) < 4.78 is 18.3. The monoisotopic (exact) mass is 291 g/mol. The molecule has 0 unspecified atom stereocenters. The summed E-state index contributed by atoms with van der Waals surface area (Å²) in [5, 5.41) is 4.59. The van der Waals surface area contributed by atoms with Crippen molar-refractivity contribution in [1.29, 1.82) is 0 Å². The fourth-order valence-electron chi connectivity index (χ4n) is 1.17. The number of nitrogens with two attached hydrogens (primary N) is 1. The van der Waals surface area contributed by atoms with Gasteiger partial charge >= 0.3 is 0 Å². The minimum Gasteiger partial charge on any atom is -0.497 e. The van der Waals surface area contributed by atoms with E-state index in [0.717, 1.165) is 0 Å². The minimum absolute atomic E-state index is 0. The van der Waals surface area contributed by atoms with Crippen LogP contribution in [0.25, 0.3) is 0 Å². The van der Waals surface area contributed by atoms with Crippen molar-refractivity contribution < 1.29 is 18.7 Å². The van der Waals surface area contributed by atoms with Gasteiger partial charge in [0.05, 0.1) is 25.9 Å². The van der Waals surface area contributed by atoms with Crippen molar-refractivity contribution in [2.24, 2.45) is 5.73 Å². The lowest BCUT2D eigenvalue weighted by molar-refractivity contribution is -0.123. The largest absolute Gasteiger partial charge is 0.497 e. The van der Waals surface area contributed by atoms with Gasteiger partial charge in [-0.05, 0) is 12.1 Å². The zero-order valence-corrected chi connectivity index (χ0v) is 11.1. The molecule has 0 heterocycles. The van der Waals surface area contributed by atoms with E-state index in [1.165, 1.54) is 25.3 Å². The number of benzene rings is 1. The second-order valence-electron chi connectivity index (χ2n) is 3.37. The summed E-state index contributed by atoms with van der Waals surface area (Å²) in [5.74, 6) is -1.19. The number of rotatable bonds is 5. The second kappa shape index (κ2) is 8.28. The van der Waals surface area contributed by atoms with Gasteiger partial charge in [0.1, 0.15) is 11.6 Å². The molecular weight excluding hydrogens is 277 g/mol. The summed E-state index contributed by atoms with van der Waals surface area (Å²) >= 11 is 0. The molecule has 0 aliphatic rings. The van der Waals surface area contributed by atoms with E-state index in [4.69, 9.17) is 10.5 Å². The number of amides is 2. The molecule has 0 aromatic heterocycles. The van der Waals surface area contributed by atoms with Crippen molar-refractivity contribution in [3.8, 4) is 5.75 Å². The molecule has 19 heavy (non-hydrogen) atoms. The molecule has 4 N–H and O–H groups in total. The molecule has 0 saturated carbocycles. The summed E-state index contributed by atoms with van der Waals surface area (Å²) in [7, 11) is 1.43. The zero-order valence-electron chi connectivity index (χ0n) is 10.2. The lowest BCUT2D eigenvalue weighted by Crippen LogP contribution is -2.36. The molecule has 0 atom stereocenters. The van der Waals surface area contributed by atoms with Gasteiger partial charge in [0, 0.05) is 6.07 Å². The van der Waals surface area contributed by atoms with E-state index in [1.807, 2.05) is 0 Å². The first kappa shape index (κ1) is 17.1. The maximum atomic E-state index is 13.4. The van der Waals surface area contributed by atoms with Gasteiger partial charge in [-0.1, -0.05) is 0 Å². The summed E-state index contributed by atoms with van der Waals surface area (Å²) in [5.41, 5.74) is 5.04. The van der Waals surface area contributed by atoms with Gasteiger partial charge < -0.3 is 21.1 Å². The van der Waals surface area contributed by atoms with Gasteiger partial charge in [0.25, 0.3) is 0 Å². The standard InChI is InChI=1S/C11H14FN3O3.ClH/c1-18-7-2-3-8(12)9(4-7)15-11(17)6-14-10(16)5-13;/h2-4H,5-6,13H2,1H3,(H,14,16)(H,15,17);1H. The van der Waals surface area contributed by atoms with Crippen LogP contribution in [0.3, 0.4) is 0 Å². The van der Waals surface area contributed by atoms with Crippen LogP contribution in [0, 0.1) is 5.82 Å². The molecule has 0 saturated heterocycles. The molecule has 1 rings (SSSR count). The van der Waals surface area contributed by atoms with Crippen LogP contribution in [0.5, 0.6) is 5.75 Å². The lowest BCUT2D eigenvalue weighted by atomic mass is 10.3. The van der Waals surface area contributed by atoms with Crippen molar-refractivity contribution in [1.82, 2.24) is 5.32 Å². The number of carbonyl (C=O) groups excluding carboxylic acids is 2. The highest BCUT2D eigenvalue weighted by atomic mass is 35.5. The average molecular weight is 292 g/mol. The Kier molecular flexibility index (Phi) is 7.47. The predicted octanol–water partition coefficient (Wildman–Crippen LogP) is 0.270. The van der Waals surface area contributed by atoms with Crippen LogP contribution in [0.15, 0.2) is 18.2 Å². The smallest absolute Gasteiger partial charge is 0.243 e. The van der Waals surface area contributed by atoms with Crippen molar-refractivity contribution in [2.45, 2.75) is 0 Å². The van der Waals surface area contributed by atoms with Crippen LogP contribution in [0.4, 0.5) is 10.1 Å². The van der Waals surface area contributed by atoms with Gasteiger partial charge in [-0.3, -0.25) is 9.59 Å². The van der Waals surface area contributed by atoms with Gasteiger partial charge in [0.15, 0.2) is 0 Å². The Morgan fingerprint density at radius 1 is 1.37 bits per heavy atom. The molecule has 0 bridgehead atoms. The molecule has 1 aromatic carbocycles. The van der Waals surface area contributed by atoms with E-state index in [9.17, 15) is 14.0 Å². The third kappa shape index (κ3) is 5.54.